The third kappa shape index (κ3) is 35.7. The number of Topliss-reactive ketones (excluding diaryl/α,β-unsaturated/α-hetero) is 1. The number of carbonyl (C=O) groups excluding carboxylic acids is 4. The van der Waals surface area contributed by atoms with Crippen LogP contribution in [0.4, 0.5) is 0 Å². The molecule has 0 saturated heterocycles. The van der Waals surface area contributed by atoms with Crippen molar-refractivity contribution in [2.45, 2.75) is 240 Å². The molecule has 336 valence electrons. The van der Waals surface area contributed by atoms with Gasteiger partial charge in [0.25, 0.3) is 0 Å². The summed E-state index contributed by atoms with van der Waals surface area (Å²) < 4.78 is 0. The molecular weight excluding hydrogens is 709 g/mol. The van der Waals surface area contributed by atoms with E-state index in [1.165, 1.54) is 148 Å². The Kier molecular flexibility index (Phi) is 40.7. The van der Waals surface area contributed by atoms with Gasteiger partial charge < -0.3 is 20.0 Å². The second-order valence-electron chi connectivity index (χ2n) is 17.2. The topological polar surface area (TPSA) is 90.0 Å². The molecule has 0 aromatic heterocycles. The molecule has 0 heterocycles. The number of hydrogen-bond donors (Lipinski definition) is 1. The summed E-state index contributed by atoms with van der Waals surface area (Å²) in [7, 11) is 0. The highest BCUT2D eigenvalue weighted by atomic mass is 16.2. The molecule has 0 unspecified atom stereocenters. The quantitative estimate of drug-likeness (QED) is 0.0620. The number of hydrogen-bond acceptors (Lipinski definition) is 5. The zero-order valence-electron chi connectivity index (χ0n) is 38.8. The lowest BCUT2D eigenvalue weighted by Gasteiger charge is -2.30. The molecule has 8 heteroatoms. The molecule has 3 amide bonds. The first-order valence-corrected chi connectivity index (χ1v) is 24.8. The van der Waals surface area contributed by atoms with E-state index in [0.29, 0.717) is 19.6 Å². The lowest BCUT2D eigenvalue weighted by atomic mass is 10.1. The second kappa shape index (κ2) is 42.2. The summed E-state index contributed by atoms with van der Waals surface area (Å²) in [5.74, 6) is -0.381. The first kappa shape index (κ1) is 55.0. The highest BCUT2D eigenvalue weighted by Gasteiger charge is 2.25. The van der Waals surface area contributed by atoms with Crippen LogP contribution in [0, 0.1) is 0 Å². The van der Waals surface area contributed by atoms with Crippen LogP contribution >= 0.6 is 0 Å². The normalized spacial score (nSPS) is 11.2. The van der Waals surface area contributed by atoms with Gasteiger partial charge in [0.2, 0.25) is 17.7 Å². The van der Waals surface area contributed by atoms with Gasteiger partial charge in [0.1, 0.15) is 5.78 Å². The maximum Gasteiger partial charge on any atom is 0.242 e. The lowest BCUT2D eigenvalue weighted by molar-refractivity contribution is -0.144. The largest absolute Gasteiger partial charge is 0.334 e. The van der Waals surface area contributed by atoms with Gasteiger partial charge in [-0.2, -0.15) is 0 Å². The van der Waals surface area contributed by atoms with E-state index in [4.69, 9.17) is 0 Å². The highest BCUT2D eigenvalue weighted by Crippen LogP contribution is 2.14. The molecule has 0 aliphatic rings. The molecule has 0 aliphatic carbocycles. The number of carbonyl (C=O) groups is 4. The maximum absolute atomic E-state index is 14.1. The van der Waals surface area contributed by atoms with E-state index < -0.39 is 0 Å². The second-order valence-corrected chi connectivity index (χ2v) is 17.2. The van der Waals surface area contributed by atoms with E-state index in [1.807, 2.05) is 0 Å². The number of unbranched alkanes of at least 4 members (excludes halogenated alkanes) is 28. The summed E-state index contributed by atoms with van der Waals surface area (Å²) in [5.41, 5.74) is 0. The Hall–Kier alpha value is -1.96. The van der Waals surface area contributed by atoms with Gasteiger partial charge in [-0.15, -0.1) is 0 Å². The van der Waals surface area contributed by atoms with Gasteiger partial charge in [0, 0.05) is 19.6 Å². The molecule has 0 aliphatic heterocycles. The van der Waals surface area contributed by atoms with Gasteiger partial charge in [0.05, 0.1) is 26.2 Å². The molecule has 0 bridgehead atoms. The smallest absolute Gasteiger partial charge is 0.242 e. The van der Waals surface area contributed by atoms with E-state index in [1.54, 1.807) is 14.7 Å². The van der Waals surface area contributed by atoms with Gasteiger partial charge in [-0.1, -0.05) is 207 Å². The Balaban J connectivity index is 5.54. The van der Waals surface area contributed by atoms with Crippen molar-refractivity contribution < 1.29 is 19.2 Å². The summed E-state index contributed by atoms with van der Waals surface area (Å²) in [5, 5.41) is 3.37. The fraction of sp³-hybridized carbons (Fsp3) is 0.918. The van der Waals surface area contributed by atoms with Crippen LogP contribution in [0.3, 0.4) is 0 Å². The van der Waals surface area contributed by atoms with Crippen LogP contribution in [-0.2, 0) is 19.2 Å². The summed E-state index contributed by atoms with van der Waals surface area (Å²) in [6, 6.07) is 0. The molecule has 0 spiro atoms. The van der Waals surface area contributed by atoms with Crippen LogP contribution in [0.25, 0.3) is 0 Å². The molecule has 0 aromatic rings. The Morgan fingerprint density at radius 1 is 0.333 bits per heavy atom. The number of amides is 3. The average molecular weight is 805 g/mol. The summed E-state index contributed by atoms with van der Waals surface area (Å²) in [6.07, 6.45) is 38.0. The van der Waals surface area contributed by atoms with Crippen molar-refractivity contribution in [1.82, 2.24) is 20.0 Å². The summed E-state index contributed by atoms with van der Waals surface area (Å²) in [6.45, 7) is 13.2. The molecule has 0 fully saturated rings. The van der Waals surface area contributed by atoms with E-state index in [9.17, 15) is 19.2 Å². The molecule has 0 atom stereocenters. The molecule has 0 saturated carbocycles. The lowest BCUT2D eigenvalue weighted by Crippen LogP contribution is -2.49. The number of nitrogens with one attached hydrogen (secondary N) is 1. The maximum atomic E-state index is 14.1. The van der Waals surface area contributed by atoms with Crippen LogP contribution in [0.2, 0.25) is 0 Å². The molecule has 1 N–H and O–H groups in total. The van der Waals surface area contributed by atoms with Crippen LogP contribution in [0.15, 0.2) is 0 Å². The molecule has 0 aromatic carbocycles. The standard InChI is InChI=1S/C49H96N4O4/c1-6-10-14-18-22-26-30-34-38-50-42-47(55)52(40-36-32-28-24-20-16-12-8-3)44-49(57)53(41-37-33-29-25-21-17-13-9-4)45-48(56)51(43-46(5)54)39-35-31-27-23-19-15-11-7-2/h50H,6-45H2,1-5H3. The van der Waals surface area contributed by atoms with Crippen molar-refractivity contribution >= 4 is 23.5 Å². The van der Waals surface area contributed by atoms with Crippen LogP contribution in [-0.4, -0.2) is 90.6 Å². The summed E-state index contributed by atoms with van der Waals surface area (Å²) >= 11 is 0. The first-order chi connectivity index (χ1) is 27.8. The van der Waals surface area contributed by atoms with Gasteiger partial charge in [0.15, 0.2) is 0 Å². The molecule has 57 heavy (non-hydrogen) atoms. The van der Waals surface area contributed by atoms with Crippen LogP contribution in [0.5, 0.6) is 0 Å². The van der Waals surface area contributed by atoms with E-state index in [2.05, 4.69) is 33.0 Å². The van der Waals surface area contributed by atoms with E-state index >= 15 is 0 Å². The highest BCUT2D eigenvalue weighted by molar-refractivity contribution is 5.90. The van der Waals surface area contributed by atoms with Crippen molar-refractivity contribution in [1.29, 1.82) is 0 Å². The Morgan fingerprint density at radius 2 is 0.596 bits per heavy atom. The zero-order valence-corrected chi connectivity index (χ0v) is 38.8. The minimum Gasteiger partial charge on any atom is -0.334 e. The van der Waals surface area contributed by atoms with Crippen molar-refractivity contribution in [3.05, 3.63) is 0 Å². The van der Waals surface area contributed by atoms with Gasteiger partial charge in [-0.05, 0) is 39.2 Å². The van der Waals surface area contributed by atoms with Crippen molar-refractivity contribution in [3.63, 3.8) is 0 Å². The minimum absolute atomic E-state index is 0.00378. The van der Waals surface area contributed by atoms with Crippen molar-refractivity contribution in [3.8, 4) is 0 Å². The predicted octanol–water partition coefficient (Wildman–Crippen LogP) is 12.2. The molecular formula is C49H96N4O4. The van der Waals surface area contributed by atoms with Gasteiger partial charge in [-0.25, -0.2) is 0 Å². The van der Waals surface area contributed by atoms with E-state index in [-0.39, 0.29) is 49.7 Å². The minimum atomic E-state index is -0.158. The summed E-state index contributed by atoms with van der Waals surface area (Å²) in [4.78, 5) is 59.0. The molecule has 0 radical (unpaired) electrons. The monoisotopic (exact) mass is 805 g/mol. The third-order valence-electron chi connectivity index (χ3n) is 11.5. The van der Waals surface area contributed by atoms with E-state index in [0.717, 1.165) is 70.8 Å². The molecule has 8 nitrogen and oxygen atoms in total. The predicted molar refractivity (Wildman–Crippen MR) is 244 cm³/mol. The zero-order chi connectivity index (χ0) is 42.0. The Morgan fingerprint density at radius 3 is 0.912 bits per heavy atom. The SMILES string of the molecule is CCCCCCCCCCNCC(=O)N(CCCCCCCCCC)CC(=O)N(CCCCCCCCCC)CC(=O)N(CCCCCCCCCC)CC(C)=O. The van der Waals surface area contributed by atoms with Crippen LogP contribution < -0.4 is 5.32 Å². The van der Waals surface area contributed by atoms with Gasteiger partial charge in [-0.3, -0.25) is 19.2 Å². The fourth-order valence-electron chi connectivity index (χ4n) is 7.67. The van der Waals surface area contributed by atoms with Crippen molar-refractivity contribution in [2.75, 3.05) is 52.4 Å². The fourth-order valence-corrected chi connectivity index (χ4v) is 7.67. The Labute approximate surface area is 354 Å². The third-order valence-corrected chi connectivity index (χ3v) is 11.5. The number of ketones is 1. The van der Waals surface area contributed by atoms with Gasteiger partial charge >= 0.3 is 0 Å². The number of nitrogens with zero attached hydrogens (tertiary/aromatic N) is 3. The Bertz CT molecular complexity index is 944. The number of rotatable bonds is 44. The average Bonchev–Trinajstić information content (AvgIpc) is 3.19. The first-order valence-electron chi connectivity index (χ1n) is 24.8. The molecule has 0 rings (SSSR count). The van der Waals surface area contributed by atoms with Crippen LogP contribution in [0.1, 0.15) is 240 Å². The van der Waals surface area contributed by atoms with Crippen molar-refractivity contribution in [2.24, 2.45) is 0 Å².